The third kappa shape index (κ3) is 2.66. The maximum absolute atomic E-state index is 4.45. The molecular formula is C16H14IrN-. The number of fused-ring (bicyclic) bond motifs is 1. The van der Waals surface area contributed by atoms with Gasteiger partial charge in [0.25, 0.3) is 0 Å². The van der Waals surface area contributed by atoms with Crippen LogP contribution >= 0.6 is 0 Å². The minimum Gasteiger partial charge on any atom is -0.304 e. The molecular weight excluding hydrogens is 398 g/mol. The number of rotatable bonds is 1. The predicted molar refractivity (Wildman–Crippen MR) is 72.7 cm³/mol. The molecule has 0 unspecified atom stereocenters. The van der Waals surface area contributed by atoms with E-state index in [9.17, 15) is 0 Å². The monoisotopic (exact) mass is 413 g/mol. The second-order valence-electron chi connectivity index (χ2n) is 3.66. The van der Waals surface area contributed by atoms with Gasteiger partial charge in [0, 0.05) is 26.3 Å². The van der Waals surface area contributed by atoms with Crippen LogP contribution in [0.5, 0.6) is 0 Å². The molecule has 18 heavy (non-hydrogen) atoms. The van der Waals surface area contributed by atoms with E-state index in [1.165, 1.54) is 10.8 Å². The zero-order valence-electron chi connectivity index (χ0n) is 9.05. The van der Waals surface area contributed by atoms with Crippen molar-refractivity contribution in [2.75, 3.05) is 0 Å². The number of pyridine rings is 1. The van der Waals surface area contributed by atoms with Crippen molar-refractivity contribution < 1.29 is 20.1 Å². The number of hydrogen-bond donors (Lipinski definition) is 0. The molecule has 93 valence electrons. The van der Waals surface area contributed by atoms with Gasteiger partial charge in [-0.2, -0.15) is 0 Å². The number of nitrogens with zero attached hydrogens (tertiary/aromatic N) is 1. The molecule has 0 aliphatic rings. The second kappa shape index (κ2) is 6.44. The summed E-state index contributed by atoms with van der Waals surface area (Å²) in [5.41, 5.74) is 2.04. The van der Waals surface area contributed by atoms with E-state index in [2.05, 4.69) is 23.2 Å². The Kier molecular flexibility index (Phi) is 5.21. The molecule has 0 bridgehead atoms. The Morgan fingerprint density at radius 1 is 0.889 bits per heavy atom. The van der Waals surface area contributed by atoms with Gasteiger partial charge < -0.3 is 4.98 Å². The normalized spacial score (nSPS) is 9.33. The summed E-state index contributed by atoms with van der Waals surface area (Å²) in [6, 6.07) is 21.4. The first-order chi connectivity index (χ1) is 7.95. The smallest absolute Gasteiger partial charge is 0.0167 e. The molecule has 2 aromatic carbocycles. The summed E-state index contributed by atoms with van der Waals surface area (Å²) in [5.74, 6) is 0. The third-order valence-electron chi connectivity index (χ3n) is 2.64. The fourth-order valence-electron chi connectivity index (χ4n) is 1.87. The van der Waals surface area contributed by atoms with Crippen molar-refractivity contribution in [2.45, 2.75) is 7.43 Å². The van der Waals surface area contributed by atoms with Crippen LogP contribution < -0.4 is 0 Å². The van der Waals surface area contributed by atoms with E-state index >= 15 is 0 Å². The topological polar surface area (TPSA) is 12.9 Å². The molecule has 1 heterocycles. The molecule has 0 fully saturated rings. The third-order valence-corrected chi connectivity index (χ3v) is 2.64. The van der Waals surface area contributed by atoms with Gasteiger partial charge in [-0.3, -0.25) is 0 Å². The molecule has 1 radical (unpaired) electrons. The van der Waals surface area contributed by atoms with Gasteiger partial charge in [0.2, 0.25) is 0 Å². The van der Waals surface area contributed by atoms with Gasteiger partial charge in [0.15, 0.2) is 0 Å². The Bertz CT molecular complexity index is 615. The minimum absolute atomic E-state index is 0. The van der Waals surface area contributed by atoms with Crippen LogP contribution in [-0.2, 0) is 20.1 Å². The van der Waals surface area contributed by atoms with E-state index < -0.39 is 0 Å². The molecule has 2 heteroatoms. The fraction of sp³-hybridized carbons (Fsp3) is 0.0625. The molecule has 3 rings (SSSR count). The Morgan fingerprint density at radius 2 is 1.67 bits per heavy atom. The van der Waals surface area contributed by atoms with Gasteiger partial charge in [-0.05, 0) is 22.5 Å². The van der Waals surface area contributed by atoms with Crippen molar-refractivity contribution in [2.24, 2.45) is 0 Å². The first-order valence-electron chi connectivity index (χ1n) is 5.26. The Labute approximate surface area is 121 Å². The quantitative estimate of drug-likeness (QED) is 0.542. The first-order valence-corrected chi connectivity index (χ1v) is 5.26. The molecule has 0 saturated heterocycles. The van der Waals surface area contributed by atoms with Crippen molar-refractivity contribution >= 4 is 10.8 Å². The average molecular weight is 413 g/mol. The van der Waals surface area contributed by atoms with Crippen LogP contribution in [0.4, 0.5) is 0 Å². The van der Waals surface area contributed by atoms with Crippen molar-refractivity contribution in [1.29, 1.82) is 0 Å². The van der Waals surface area contributed by atoms with Gasteiger partial charge >= 0.3 is 0 Å². The van der Waals surface area contributed by atoms with E-state index in [1.807, 2.05) is 48.7 Å². The van der Waals surface area contributed by atoms with E-state index in [0.29, 0.717) is 0 Å². The molecule has 1 nitrogen and oxygen atoms in total. The summed E-state index contributed by atoms with van der Waals surface area (Å²) in [6.45, 7) is 0. The van der Waals surface area contributed by atoms with E-state index in [0.717, 1.165) is 11.3 Å². The maximum atomic E-state index is 4.45. The van der Waals surface area contributed by atoms with Crippen LogP contribution in [0.3, 0.4) is 0 Å². The summed E-state index contributed by atoms with van der Waals surface area (Å²) >= 11 is 0. The Hall–Kier alpha value is -1.50. The zero-order valence-corrected chi connectivity index (χ0v) is 11.4. The van der Waals surface area contributed by atoms with Gasteiger partial charge in [-0.1, -0.05) is 31.7 Å². The number of aromatic nitrogens is 1. The molecule has 0 amide bonds. The summed E-state index contributed by atoms with van der Waals surface area (Å²) in [5, 5.41) is 2.39. The molecule has 0 aliphatic carbocycles. The molecule has 0 saturated carbocycles. The van der Waals surface area contributed by atoms with E-state index in [1.54, 1.807) is 0 Å². The maximum Gasteiger partial charge on any atom is 0.0167 e. The first kappa shape index (κ1) is 14.6. The minimum atomic E-state index is 0. The largest absolute Gasteiger partial charge is 0.304 e. The summed E-state index contributed by atoms with van der Waals surface area (Å²) < 4.78 is 0. The van der Waals surface area contributed by atoms with Gasteiger partial charge in [0.05, 0.1) is 0 Å². The standard InChI is InChI=1S/C15H10N.CH4.Ir/c1-2-7-13(8-3-1)15-14-9-5-4-6-12(14)10-11-16-15;;/h1-7,9-11H;1H4;/q-1;;. The molecule has 0 aliphatic heterocycles. The predicted octanol–water partition coefficient (Wildman–Crippen LogP) is 4.34. The number of hydrogen-bond acceptors (Lipinski definition) is 1. The average Bonchev–Trinajstić information content (AvgIpc) is 2.39. The summed E-state index contributed by atoms with van der Waals surface area (Å²) in [7, 11) is 0. The van der Waals surface area contributed by atoms with Crippen LogP contribution in [0.25, 0.3) is 22.0 Å². The molecule has 0 atom stereocenters. The van der Waals surface area contributed by atoms with Crippen LogP contribution in [0.2, 0.25) is 0 Å². The summed E-state index contributed by atoms with van der Waals surface area (Å²) in [6.07, 6.45) is 1.85. The summed E-state index contributed by atoms with van der Waals surface area (Å²) in [4.78, 5) is 4.45. The molecule has 0 spiro atoms. The van der Waals surface area contributed by atoms with Crippen molar-refractivity contribution in [1.82, 2.24) is 4.98 Å². The van der Waals surface area contributed by atoms with Gasteiger partial charge in [-0.15, -0.1) is 35.9 Å². The van der Waals surface area contributed by atoms with Crippen LogP contribution in [0.15, 0.2) is 60.8 Å². The van der Waals surface area contributed by atoms with Crippen LogP contribution in [0.1, 0.15) is 7.43 Å². The van der Waals surface area contributed by atoms with Crippen molar-refractivity contribution in [3.63, 3.8) is 0 Å². The Morgan fingerprint density at radius 3 is 2.44 bits per heavy atom. The van der Waals surface area contributed by atoms with E-state index in [4.69, 9.17) is 0 Å². The molecule has 3 aromatic rings. The van der Waals surface area contributed by atoms with E-state index in [-0.39, 0.29) is 27.5 Å². The number of benzene rings is 2. The fourth-order valence-corrected chi connectivity index (χ4v) is 1.87. The molecule has 1 aromatic heterocycles. The van der Waals surface area contributed by atoms with Gasteiger partial charge in [0.1, 0.15) is 0 Å². The zero-order chi connectivity index (χ0) is 10.8. The van der Waals surface area contributed by atoms with Gasteiger partial charge in [-0.25, -0.2) is 0 Å². The second-order valence-corrected chi connectivity index (χ2v) is 3.66. The van der Waals surface area contributed by atoms with Crippen molar-refractivity contribution in [3.8, 4) is 11.3 Å². The Balaban J connectivity index is 0.000000810. The van der Waals surface area contributed by atoms with Crippen LogP contribution in [0, 0.1) is 6.07 Å². The molecule has 0 N–H and O–H groups in total. The van der Waals surface area contributed by atoms with Crippen LogP contribution in [-0.4, -0.2) is 4.98 Å². The van der Waals surface area contributed by atoms with Crippen molar-refractivity contribution in [3.05, 3.63) is 66.9 Å². The SMILES string of the molecule is C.[Ir].[c-]1ccccc1-c1nccc2ccccc12.